The van der Waals surface area contributed by atoms with Gasteiger partial charge >= 0.3 is 0 Å². The average molecular weight is 551 g/mol. The molecule has 10 heteroatoms. The van der Waals surface area contributed by atoms with Crippen LogP contribution in [0.4, 0.5) is 17.1 Å². The zero-order valence-electron chi connectivity index (χ0n) is 21.1. The van der Waals surface area contributed by atoms with Crippen LogP contribution < -0.4 is 20.3 Å². The minimum absolute atomic E-state index is 0.281. The highest BCUT2D eigenvalue weighted by Gasteiger charge is 2.29. The van der Waals surface area contributed by atoms with Crippen LogP contribution >= 0.6 is 23.8 Å². The number of thiocarbonyl (C=S) groups is 1. The van der Waals surface area contributed by atoms with Gasteiger partial charge in [-0.1, -0.05) is 25.4 Å². The van der Waals surface area contributed by atoms with Gasteiger partial charge in [-0.25, -0.2) is 8.42 Å². The van der Waals surface area contributed by atoms with Crippen LogP contribution in [0, 0.1) is 11.8 Å². The third kappa shape index (κ3) is 6.25. The second-order valence-electron chi connectivity index (χ2n) is 9.86. The smallest absolute Gasteiger partial charge is 0.243 e. The van der Waals surface area contributed by atoms with E-state index in [0.29, 0.717) is 52.2 Å². The van der Waals surface area contributed by atoms with Crippen molar-refractivity contribution in [1.82, 2.24) is 4.31 Å². The number of benzene rings is 2. The molecule has 0 aromatic heterocycles. The maximum absolute atomic E-state index is 13.5. The Balaban J connectivity index is 1.60. The molecule has 0 radical (unpaired) electrons. The van der Waals surface area contributed by atoms with Crippen molar-refractivity contribution < 1.29 is 13.2 Å². The van der Waals surface area contributed by atoms with Crippen molar-refractivity contribution in [3.63, 3.8) is 0 Å². The monoisotopic (exact) mass is 550 g/mol. The number of anilines is 3. The van der Waals surface area contributed by atoms with Gasteiger partial charge in [-0.3, -0.25) is 0 Å². The highest BCUT2D eigenvalue weighted by atomic mass is 35.5. The second kappa shape index (κ2) is 11.5. The minimum atomic E-state index is -3.59. The van der Waals surface area contributed by atoms with Gasteiger partial charge in [-0.05, 0) is 86.1 Å². The number of hydrogen-bond donors (Lipinski definition) is 2. The Morgan fingerprint density at radius 3 is 2.22 bits per heavy atom. The molecule has 2 aliphatic heterocycles. The molecule has 2 fully saturated rings. The summed E-state index contributed by atoms with van der Waals surface area (Å²) in [5.41, 5.74) is 2.33. The number of nitrogens with one attached hydrogen (secondary N) is 2. The maximum atomic E-state index is 13.5. The first kappa shape index (κ1) is 27.0. The lowest BCUT2D eigenvalue weighted by Gasteiger charge is -2.34. The van der Waals surface area contributed by atoms with Crippen LogP contribution in [0.5, 0.6) is 5.75 Å². The molecule has 2 aromatic rings. The van der Waals surface area contributed by atoms with Gasteiger partial charge in [0.15, 0.2) is 5.11 Å². The molecule has 2 saturated heterocycles. The van der Waals surface area contributed by atoms with Crippen molar-refractivity contribution in [1.29, 1.82) is 0 Å². The molecular weight excluding hydrogens is 516 g/mol. The topological polar surface area (TPSA) is 73.9 Å². The number of rotatable bonds is 6. The molecule has 2 aromatic carbocycles. The molecule has 196 valence electrons. The van der Waals surface area contributed by atoms with Gasteiger partial charge in [-0.15, -0.1) is 0 Å². The third-order valence-corrected chi connectivity index (χ3v) is 9.52. The molecular formula is C26H35ClN4O3S2. The van der Waals surface area contributed by atoms with Crippen molar-refractivity contribution in [2.75, 3.05) is 48.8 Å². The summed E-state index contributed by atoms with van der Waals surface area (Å²) in [5, 5.41) is 7.23. The Bertz CT molecular complexity index is 1190. The van der Waals surface area contributed by atoms with E-state index in [0.717, 1.165) is 44.5 Å². The van der Waals surface area contributed by atoms with Gasteiger partial charge in [0.2, 0.25) is 10.0 Å². The van der Waals surface area contributed by atoms with Crippen molar-refractivity contribution >= 4 is 56.0 Å². The van der Waals surface area contributed by atoms with Gasteiger partial charge in [0.25, 0.3) is 0 Å². The first-order chi connectivity index (χ1) is 17.2. The zero-order valence-corrected chi connectivity index (χ0v) is 23.5. The van der Waals surface area contributed by atoms with E-state index in [2.05, 4.69) is 29.4 Å². The van der Waals surface area contributed by atoms with Crippen molar-refractivity contribution in [2.45, 2.75) is 44.4 Å². The van der Waals surface area contributed by atoms with E-state index >= 15 is 0 Å². The molecule has 0 spiro atoms. The molecule has 4 rings (SSSR count). The Hall–Kier alpha value is -2.07. The first-order valence-electron chi connectivity index (χ1n) is 12.5. The number of piperidine rings is 2. The Kier molecular flexibility index (Phi) is 8.65. The van der Waals surface area contributed by atoms with Gasteiger partial charge in [0.1, 0.15) is 5.75 Å². The summed E-state index contributed by atoms with van der Waals surface area (Å²) in [6.07, 6.45) is 3.95. The highest BCUT2D eigenvalue weighted by molar-refractivity contribution is 7.89. The second-order valence-corrected chi connectivity index (χ2v) is 12.6. The molecule has 36 heavy (non-hydrogen) atoms. The van der Waals surface area contributed by atoms with Crippen LogP contribution in [0.1, 0.15) is 39.5 Å². The summed E-state index contributed by atoms with van der Waals surface area (Å²) in [5.74, 6) is 1.81. The van der Waals surface area contributed by atoms with Crippen molar-refractivity contribution in [3.05, 3.63) is 41.4 Å². The van der Waals surface area contributed by atoms with Crippen LogP contribution in [0.15, 0.2) is 41.3 Å². The number of methoxy groups -OCH3 is 1. The average Bonchev–Trinajstić information content (AvgIpc) is 2.85. The van der Waals surface area contributed by atoms with E-state index < -0.39 is 10.0 Å². The first-order valence-corrected chi connectivity index (χ1v) is 14.7. The predicted molar refractivity (Wildman–Crippen MR) is 152 cm³/mol. The Labute approximate surface area is 225 Å². The lowest BCUT2D eigenvalue weighted by Crippen LogP contribution is -2.38. The van der Waals surface area contributed by atoms with Crippen LogP contribution in [0.25, 0.3) is 0 Å². The molecule has 0 amide bonds. The van der Waals surface area contributed by atoms with E-state index in [1.807, 2.05) is 12.1 Å². The Morgan fingerprint density at radius 2 is 1.61 bits per heavy atom. The van der Waals surface area contributed by atoms with Gasteiger partial charge in [-0.2, -0.15) is 4.31 Å². The minimum Gasteiger partial charge on any atom is -0.495 e. The molecule has 2 aliphatic rings. The lowest BCUT2D eigenvalue weighted by atomic mass is 9.98. The fraction of sp³-hybridized carbons (Fsp3) is 0.500. The quantitative estimate of drug-likeness (QED) is 0.439. The van der Waals surface area contributed by atoms with Crippen LogP contribution in [0.3, 0.4) is 0 Å². The molecule has 0 aliphatic carbocycles. The molecule has 2 N–H and O–H groups in total. The normalized spacial score (nSPS) is 18.2. The molecule has 0 atom stereocenters. The van der Waals surface area contributed by atoms with Gasteiger partial charge in [0.05, 0.1) is 28.4 Å². The number of sulfonamides is 1. The molecule has 0 bridgehead atoms. The van der Waals surface area contributed by atoms with Crippen molar-refractivity contribution in [2.24, 2.45) is 11.8 Å². The lowest BCUT2D eigenvalue weighted by molar-refractivity contribution is 0.288. The largest absolute Gasteiger partial charge is 0.495 e. The SMILES string of the molecule is COc1ccc(NC(=S)Nc2cc(S(=O)(=O)N3CCC(C)CC3)ccc2N2CCC(C)CC2)cc1Cl. The number of nitrogens with zero attached hydrogens (tertiary/aromatic N) is 2. The van der Waals surface area contributed by atoms with E-state index in [9.17, 15) is 8.42 Å². The van der Waals surface area contributed by atoms with E-state index in [1.54, 1.807) is 35.7 Å². The zero-order chi connectivity index (χ0) is 25.9. The van der Waals surface area contributed by atoms with Crippen LogP contribution in [-0.4, -0.2) is 51.1 Å². The summed E-state index contributed by atoms with van der Waals surface area (Å²) in [6.45, 7) is 7.38. The standard InChI is InChI=1S/C26H35ClN4O3S2/c1-18-8-12-30(13-9-18)24-6-5-21(36(32,33)31-14-10-19(2)11-15-31)17-23(24)29-26(35)28-20-4-7-25(34-3)22(27)16-20/h4-7,16-19H,8-15H2,1-3H3,(H2,28,29,35). The van der Waals surface area contributed by atoms with E-state index in [1.165, 1.54) is 0 Å². The summed E-state index contributed by atoms with van der Waals surface area (Å²) < 4.78 is 33.7. The molecule has 7 nitrogen and oxygen atoms in total. The number of ether oxygens (including phenoxy) is 1. The third-order valence-electron chi connectivity index (χ3n) is 7.13. The van der Waals surface area contributed by atoms with Crippen LogP contribution in [0.2, 0.25) is 5.02 Å². The number of halogens is 1. The summed E-state index contributed by atoms with van der Waals surface area (Å²) in [4.78, 5) is 2.58. The number of hydrogen-bond acceptors (Lipinski definition) is 5. The maximum Gasteiger partial charge on any atom is 0.243 e. The fourth-order valence-corrected chi connectivity index (χ4v) is 6.69. The van der Waals surface area contributed by atoms with E-state index in [4.69, 9.17) is 28.6 Å². The highest BCUT2D eigenvalue weighted by Crippen LogP contribution is 2.34. The summed E-state index contributed by atoms with van der Waals surface area (Å²) in [6, 6.07) is 10.7. The van der Waals surface area contributed by atoms with E-state index in [-0.39, 0.29) is 4.90 Å². The van der Waals surface area contributed by atoms with Crippen molar-refractivity contribution in [3.8, 4) is 5.75 Å². The molecule has 2 heterocycles. The summed E-state index contributed by atoms with van der Waals surface area (Å²) in [7, 11) is -2.03. The van der Waals surface area contributed by atoms with Crippen LogP contribution in [-0.2, 0) is 10.0 Å². The predicted octanol–water partition coefficient (Wildman–Crippen LogP) is 5.81. The Morgan fingerprint density at radius 1 is 0.972 bits per heavy atom. The molecule has 0 saturated carbocycles. The fourth-order valence-electron chi connectivity index (χ4n) is 4.70. The van der Waals surface area contributed by atoms with Gasteiger partial charge in [0, 0.05) is 31.9 Å². The summed E-state index contributed by atoms with van der Waals surface area (Å²) >= 11 is 11.9. The molecule has 0 unspecified atom stereocenters. The van der Waals surface area contributed by atoms with Gasteiger partial charge < -0.3 is 20.3 Å².